The van der Waals surface area contributed by atoms with Crippen LogP contribution >= 0.6 is 11.6 Å². The van der Waals surface area contributed by atoms with Crippen molar-refractivity contribution in [3.05, 3.63) is 41.0 Å². The predicted octanol–water partition coefficient (Wildman–Crippen LogP) is 6.07. The van der Waals surface area contributed by atoms with Crippen molar-refractivity contribution >= 4 is 29.2 Å². The summed E-state index contributed by atoms with van der Waals surface area (Å²) in [4.78, 5) is 21.5. The Balaban J connectivity index is 1.33. The van der Waals surface area contributed by atoms with Crippen molar-refractivity contribution in [1.29, 1.82) is 0 Å². The van der Waals surface area contributed by atoms with E-state index in [1.807, 2.05) is 11.1 Å². The molecule has 1 aromatic heterocycles. The van der Waals surface area contributed by atoms with E-state index in [0.717, 1.165) is 44.5 Å². The van der Waals surface area contributed by atoms with Crippen molar-refractivity contribution in [1.82, 2.24) is 4.98 Å². The molecule has 1 aromatic carbocycles. The molecule has 1 amide bonds. The smallest absolute Gasteiger partial charge is 0.297 e. The Labute approximate surface area is 187 Å². The van der Waals surface area contributed by atoms with Gasteiger partial charge in [0.05, 0.1) is 16.8 Å². The maximum atomic E-state index is 14.2. The highest BCUT2D eigenvalue weighted by Gasteiger charge is 2.45. The monoisotopic (exact) mass is 445 g/mol. The van der Waals surface area contributed by atoms with Gasteiger partial charge in [0.25, 0.3) is 6.01 Å². The van der Waals surface area contributed by atoms with Gasteiger partial charge in [-0.3, -0.25) is 4.79 Å². The van der Waals surface area contributed by atoms with E-state index >= 15 is 0 Å². The fourth-order valence-corrected chi connectivity index (χ4v) is 5.80. The fraction of sp³-hybridized carbons (Fsp3) is 0.583. The van der Waals surface area contributed by atoms with E-state index in [0.29, 0.717) is 24.0 Å². The second kappa shape index (κ2) is 8.45. The number of rotatable bonds is 3. The average Bonchev–Trinajstić information content (AvgIpc) is 3.28. The molecule has 2 aliphatic heterocycles. The van der Waals surface area contributed by atoms with Gasteiger partial charge in [-0.15, -0.1) is 0 Å². The Kier molecular flexibility index (Phi) is 5.67. The molecule has 7 heteroatoms. The Morgan fingerprint density at radius 1 is 1.10 bits per heavy atom. The second-order valence-electron chi connectivity index (χ2n) is 9.27. The lowest BCUT2D eigenvalue weighted by Crippen LogP contribution is -2.60. The number of amides is 1. The Morgan fingerprint density at radius 2 is 1.87 bits per heavy atom. The maximum Gasteiger partial charge on any atom is 0.297 e. The number of halogens is 2. The van der Waals surface area contributed by atoms with Crippen LogP contribution in [0.15, 0.2) is 28.8 Å². The van der Waals surface area contributed by atoms with Crippen LogP contribution in [0.5, 0.6) is 0 Å². The third-order valence-electron chi connectivity index (χ3n) is 7.40. The number of hydrogen-bond donors (Lipinski definition) is 0. The number of benzene rings is 1. The number of anilines is 2. The summed E-state index contributed by atoms with van der Waals surface area (Å²) in [5, 5.41) is 0.0785. The third-order valence-corrected chi connectivity index (χ3v) is 7.71. The van der Waals surface area contributed by atoms with Gasteiger partial charge in [0, 0.05) is 31.1 Å². The molecule has 31 heavy (non-hydrogen) atoms. The lowest BCUT2D eigenvalue weighted by atomic mass is 9.78. The standard InChI is InChI=1S/C24H29ClFN3O2/c25-19-9-8-18(15-20(19)26)29-22(30)7-4-10-24(29)11-13-28(14-12-24)23-27-16-21(31-23)17-5-2-1-3-6-17/h8-9,15-17H,1-7,10-14H2. The molecule has 1 spiro atoms. The minimum atomic E-state index is -0.486. The van der Waals surface area contributed by atoms with Crippen LogP contribution in [0, 0.1) is 5.82 Å². The van der Waals surface area contributed by atoms with Crippen LogP contribution < -0.4 is 9.80 Å². The highest BCUT2D eigenvalue weighted by molar-refractivity contribution is 6.30. The van der Waals surface area contributed by atoms with Crippen molar-refractivity contribution in [2.75, 3.05) is 22.9 Å². The number of piperidine rings is 2. The quantitative estimate of drug-likeness (QED) is 0.575. The average molecular weight is 446 g/mol. The number of oxazole rings is 1. The topological polar surface area (TPSA) is 49.6 Å². The molecule has 0 bridgehead atoms. The van der Waals surface area contributed by atoms with Gasteiger partial charge in [-0.05, 0) is 56.7 Å². The van der Waals surface area contributed by atoms with Crippen molar-refractivity contribution in [2.24, 2.45) is 0 Å². The summed E-state index contributed by atoms with van der Waals surface area (Å²) < 4.78 is 20.3. The molecular formula is C24H29ClFN3O2. The molecule has 1 saturated carbocycles. The van der Waals surface area contributed by atoms with E-state index in [2.05, 4.69) is 9.88 Å². The van der Waals surface area contributed by atoms with Gasteiger partial charge in [0.1, 0.15) is 11.6 Å². The summed E-state index contributed by atoms with van der Waals surface area (Å²) in [6, 6.07) is 5.38. The van der Waals surface area contributed by atoms with Crippen LogP contribution in [0.1, 0.15) is 75.9 Å². The normalized spacial score (nSPS) is 22.3. The molecule has 166 valence electrons. The van der Waals surface area contributed by atoms with E-state index < -0.39 is 5.82 Å². The molecule has 0 N–H and O–H groups in total. The lowest BCUT2D eigenvalue weighted by Gasteiger charge is -2.51. The first-order chi connectivity index (χ1) is 15.1. The summed E-state index contributed by atoms with van der Waals surface area (Å²) in [5.74, 6) is 1.09. The predicted molar refractivity (Wildman–Crippen MR) is 119 cm³/mol. The zero-order chi connectivity index (χ0) is 21.4. The van der Waals surface area contributed by atoms with Crippen LogP contribution in [0.25, 0.3) is 0 Å². The van der Waals surface area contributed by atoms with Gasteiger partial charge < -0.3 is 14.2 Å². The summed E-state index contributed by atoms with van der Waals surface area (Å²) in [5.41, 5.74) is 0.320. The van der Waals surface area contributed by atoms with Crippen LogP contribution in [0.2, 0.25) is 5.02 Å². The zero-order valence-corrected chi connectivity index (χ0v) is 18.5. The number of aromatic nitrogens is 1. The summed E-state index contributed by atoms with van der Waals surface area (Å²) in [6.45, 7) is 1.54. The molecule has 0 unspecified atom stereocenters. The van der Waals surface area contributed by atoms with Crippen LogP contribution in [-0.2, 0) is 4.79 Å². The summed E-state index contributed by atoms with van der Waals surface area (Å²) in [6.07, 6.45) is 12.0. The van der Waals surface area contributed by atoms with Gasteiger partial charge in [0.15, 0.2) is 0 Å². The fourth-order valence-electron chi connectivity index (χ4n) is 5.69. The molecule has 1 aliphatic carbocycles. The van der Waals surface area contributed by atoms with E-state index in [9.17, 15) is 9.18 Å². The van der Waals surface area contributed by atoms with E-state index in [1.54, 1.807) is 6.07 Å². The van der Waals surface area contributed by atoms with Crippen LogP contribution in [-0.4, -0.2) is 29.5 Å². The minimum absolute atomic E-state index is 0.0668. The van der Waals surface area contributed by atoms with Gasteiger partial charge >= 0.3 is 0 Å². The van der Waals surface area contributed by atoms with Crippen molar-refractivity contribution in [3.8, 4) is 0 Å². The Morgan fingerprint density at radius 3 is 2.61 bits per heavy atom. The number of carbonyl (C=O) groups is 1. The van der Waals surface area contributed by atoms with E-state index in [4.69, 9.17) is 16.0 Å². The first-order valence-electron chi connectivity index (χ1n) is 11.5. The highest BCUT2D eigenvalue weighted by atomic mass is 35.5. The van der Waals surface area contributed by atoms with Crippen molar-refractivity contribution in [2.45, 2.75) is 75.7 Å². The van der Waals surface area contributed by atoms with Crippen molar-refractivity contribution in [3.63, 3.8) is 0 Å². The molecule has 2 aromatic rings. The van der Waals surface area contributed by atoms with E-state index in [1.165, 1.54) is 44.2 Å². The van der Waals surface area contributed by atoms with Gasteiger partial charge in [-0.2, -0.15) is 0 Å². The molecule has 3 heterocycles. The first kappa shape index (κ1) is 20.8. The molecule has 5 rings (SSSR count). The SMILES string of the molecule is O=C1CCCC2(CCN(c3ncc(C4CCCCC4)o3)CC2)N1c1ccc(Cl)c(F)c1. The molecule has 2 saturated heterocycles. The third kappa shape index (κ3) is 3.95. The van der Waals surface area contributed by atoms with Gasteiger partial charge in [-0.1, -0.05) is 30.9 Å². The lowest BCUT2D eigenvalue weighted by molar-refractivity contribution is -0.121. The Bertz CT molecular complexity index is 948. The minimum Gasteiger partial charge on any atom is -0.428 e. The summed E-state index contributed by atoms with van der Waals surface area (Å²) in [7, 11) is 0. The molecule has 3 aliphatic rings. The van der Waals surface area contributed by atoms with Gasteiger partial charge in [0.2, 0.25) is 5.91 Å². The number of nitrogens with zero attached hydrogens (tertiary/aromatic N) is 3. The largest absolute Gasteiger partial charge is 0.428 e. The maximum absolute atomic E-state index is 14.2. The number of hydrogen-bond acceptors (Lipinski definition) is 4. The van der Waals surface area contributed by atoms with Crippen molar-refractivity contribution < 1.29 is 13.6 Å². The zero-order valence-electron chi connectivity index (χ0n) is 17.8. The molecule has 0 atom stereocenters. The van der Waals surface area contributed by atoms with Crippen LogP contribution in [0.4, 0.5) is 16.1 Å². The second-order valence-corrected chi connectivity index (χ2v) is 9.68. The molecular weight excluding hydrogens is 417 g/mol. The van der Waals surface area contributed by atoms with E-state index in [-0.39, 0.29) is 16.5 Å². The summed E-state index contributed by atoms with van der Waals surface area (Å²) >= 11 is 5.88. The molecule has 0 radical (unpaired) electrons. The first-order valence-corrected chi connectivity index (χ1v) is 11.9. The molecule has 3 fully saturated rings. The molecule has 5 nitrogen and oxygen atoms in total. The Hall–Kier alpha value is -2.08. The van der Waals surface area contributed by atoms with Crippen LogP contribution in [0.3, 0.4) is 0 Å². The number of carbonyl (C=O) groups excluding carboxylic acids is 1. The van der Waals surface area contributed by atoms with Gasteiger partial charge in [-0.25, -0.2) is 9.37 Å². The highest BCUT2D eigenvalue weighted by Crippen LogP contribution is 2.42.